The molecule has 0 aliphatic carbocycles. The van der Waals surface area contributed by atoms with Gasteiger partial charge in [-0.05, 0) is 60.0 Å². The third-order valence-corrected chi connectivity index (χ3v) is 7.14. The van der Waals surface area contributed by atoms with Gasteiger partial charge in [0.2, 0.25) is 5.91 Å². The number of ether oxygens (including phenoxy) is 1. The Hall–Kier alpha value is -2.90. The second kappa shape index (κ2) is 10.6. The van der Waals surface area contributed by atoms with Crippen molar-refractivity contribution in [3.63, 3.8) is 0 Å². The summed E-state index contributed by atoms with van der Waals surface area (Å²) in [5.74, 6) is 1.58. The van der Waals surface area contributed by atoms with Crippen LogP contribution in [0.3, 0.4) is 0 Å². The molecule has 2 aromatic carbocycles. The lowest BCUT2D eigenvalue weighted by Gasteiger charge is -2.20. The van der Waals surface area contributed by atoms with Gasteiger partial charge in [0, 0.05) is 29.5 Å². The largest absolute Gasteiger partial charge is 0.497 e. The summed E-state index contributed by atoms with van der Waals surface area (Å²) in [6.45, 7) is 2.60. The number of hydrogen-bond acceptors (Lipinski definition) is 6. The second-order valence-corrected chi connectivity index (χ2v) is 9.44. The minimum absolute atomic E-state index is 0.0598. The number of benzene rings is 2. The molecular weight excluding hydrogens is 438 g/mol. The molecule has 0 aliphatic heterocycles. The van der Waals surface area contributed by atoms with Crippen LogP contribution in [0.4, 0.5) is 5.13 Å². The van der Waals surface area contributed by atoms with Crippen LogP contribution in [0.15, 0.2) is 71.9 Å². The molecule has 0 N–H and O–H groups in total. The SMILES string of the molecule is CCc1ccc2nc(N(Cc3cccnc3)C(=O)CCSc3ccc(OC)cc3)sc2c1. The van der Waals surface area contributed by atoms with Crippen molar-refractivity contribution in [1.82, 2.24) is 9.97 Å². The summed E-state index contributed by atoms with van der Waals surface area (Å²) in [7, 11) is 1.66. The first-order chi connectivity index (χ1) is 15.7. The van der Waals surface area contributed by atoms with Crippen LogP contribution in [-0.2, 0) is 17.8 Å². The Balaban J connectivity index is 1.51. The van der Waals surface area contributed by atoms with Crippen molar-refractivity contribution < 1.29 is 9.53 Å². The normalized spacial score (nSPS) is 10.9. The zero-order valence-electron chi connectivity index (χ0n) is 18.2. The van der Waals surface area contributed by atoms with E-state index in [-0.39, 0.29) is 5.91 Å². The first kappa shape index (κ1) is 22.3. The van der Waals surface area contributed by atoms with Crippen molar-refractivity contribution in [3.05, 3.63) is 78.1 Å². The molecule has 164 valence electrons. The van der Waals surface area contributed by atoms with E-state index in [4.69, 9.17) is 9.72 Å². The third-order valence-electron chi connectivity index (χ3n) is 5.09. The molecule has 2 aromatic heterocycles. The van der Waals surface area contributed by atoms with Gasteiger partial charge >= 0.3 is 0 Å². The Morgan fingerprint density at radius 1 is 1.12 bits per heavy atom. The summed E-state index contributed by atoms with van der Waals surface area (Å²) in [6, 6.07) is 18.1. The molecule has 0 aliphatic rings. The summed E-state index contributed by atoms with van der Waals surface area (Å²) in [6.07, 6.45) is 4.94. The summed E-state index contributed by atoms with van der Waals surface area (Å²) in [5.41, 5.74) is 3.18. The molecule has 0 atom stereocenters. The van der Waals surface area contributed by atoms with E-state index in [0.717, 1.165) is 38.0 Å². The highest BCUT2D eigenvalue weighted by molar-refractivity contribution is 7.99. The fraction of sp³-hybridized carbons (Fsp3) is 0.240. The number of methoxy groups -OCH3 is 1. The molecule has 0 saturated carbocycles. The van der Waals surface area contributed by atoms with E-state index in [2.05, 4.69) is 24.0 Å². The predicted octanol–water partition coefficient (Wildman–Crippen LogP) is 5.98. The number of hydrogen-bond donors (Lipinski definition) is 0. The van der Waals surface area contributed by atoms with Gasteiger partial charge < -0.3 is 4.74 Å². The van der Waals surface area contributed by atoms with Crippen molar-refractivity contribution in [2.24, 2.45) is 0 Å². The first-order valence-corrected chi connectivity index (χ1v) is 12.3. The lowest BCUT2D eigenvalue weighted by atomic mass is 10.2. The van der Waals surface area contributed by atoms with Gasteiger partial charge in [0.1, 0.15) is 5.75 Å². The van der Waals surface area contributed by atoms with Crippen LogP contribution in [0.5, 0.6) is 5.75 Å². The van der Waals surface area contributed by atoms with E-state index in [9.17, 15) is 4.79 Å². The zero-order valence-corrected chi connectivity index (χ0v) is 19.8. The van der Waals surface area contributed by atoms with Crippen LogP contribution in [0.2, 0.25) is 0 Å². The Morgan fingerprint density at radius 2 is 1.97 bits per heavy atom. The Morgan fingerprint density at radius 3 is 2.69 bits per heavy atom. The fourth-order valence-corrected chi connectivity index (χ4v) is 5.18. The number of aryl methyl sites for hydroxylation is 1. The van der Waals surface area contributed by atoms with Gasteiger partial charge in [-0.3, -0.25) is 14.7 Å². The van der Waals surface area contributed by atoms with Gasteiger partial charge in [-0.25, -0.2) is 4.98 Å². The second-order valence-electron chi connectivity index (χ2n) is 7.27. The third kappa shape index (κ3) is 5.47. The first-order valence-electron chi connectivity index (χ1n) is 10.5. The van der Waals surface area contributed by atoms with E-state index in [0.29, 0.717) is 18.7 Å². The van der Waals surface area contributed by atoms with Gasteiger partial charge in [-0.2, -0.15) is 0 Å². The molecule has 32 heavy (non-hydrogen) atoms. The van der Waals surface area contributed by atoms with Crippen molar-refractivity contribution in [2.75, 3.05) is 17.8 Å². The summed E-state index contributed by atoms with van der Waals surface area (Å²) in [4.78, 5) is 25.2. The minimum atomic E-state index is 0.0598. The van der Waals surface area contributed by atoms with E-state index in [1.807, 2.05) is 42.5 Å². The zero-order chi connectivity index (χ0) is 22.3. The van der Waals surface area contributed by atoms with Gasteiger partial charge in [-0.15, -0.1) is 11.8 Å². The van der Waals surface area contributed by atoms with Gasteiger partial charge in [0.15, 0.2) is 5.13 Å². The molecule has 5 nitrogen and oxygen atoms in total. The number of carbonyl (C=O) groups excluding carboxylic acids is 1. The highest BCUT2D eigenvalue weighted by Crippen LogP contribution is 2.31. The van der Waals surface area contributed by atoms with Crippen molar-refractivity contribution in [1.29, 1.82) is 0 Å². The summed E-state index contributed by atoms with van der Waals surface area (Å²) < 4.78 is 6.31. The van der Waals surface area contributed by atoms with Crippen LogP contribution in [0.1, 0.15) is 24.5 Å². The maximum absolute atomic E-state index is 13.3. The predicted molar refractivity (Wildman–Crippen MR) is 133 cm³/mol. The van der Waals surface area contributed by atoms with E-state index >= 15 is 0 Å². The minimum Gasteiger partial charge on any atom is -0.497 e. The van der Waals surface area contributed by atoms with Crippen molar-refractivity contribution in [2.45, 2.75) is 31.2 Å². The molecule has 0 radical (unpaired) electrons. The van der Waals surface area contributed by atoms with Crippen LogP contribution in [0.25, 0.3) is 10.2 Å². The Labute approximate surface area is 196 Å². The lowest BCUT2D eigenvalue weighted by Crippen LogP contribution is -2.30. The Bertz CT molecular complexity index is 1180. The van der Waals surface area contributed by atoms with Gasteiger partial charge in [-0.1, -0.05) is 30.4 Å². The maximum Gasteiger partial charge on any atom is 0.229 e. The lowest BCUT2D eigenvalue weighted by molar-refractivity contribution is -0.118. The van der Waals surface area contributed by atoms with Crippen LogP contribution in [0, 0.1) is 0 Å². The van der Waals surface area contributed by atoms with Crippen molar-refractivity contribution >= 4 is 44.4 Å². The monoisotopic (exact) mass is 463 g/mol. The summed E-state index contributed by atoms with van der Waals surface area (Å²) >= 11 is 3.23. The molecule has 1 amide bonds. The number of carbonyl (C=O) groups is 1. The molecule has 4 aromatic rings. The Kier molecular flexibility index (Phi) is 7.39. The molecule has 0 unspecified atom stereocenters. The standard InChI is InChI=1S/C25H25N3O2S2/c1-3-18-6-11-22-23(15-18)32-25(27-22)28(17-19-5-4-13-26-16-19)24(29)12-14-31-21-9-7-20(30-2)8-10-21/h4-11,13,15-16H,3,12,14,17H2,1-2H3. The van der Waals surface area contributed by atoms with Gasteiger partial charge in [0.05, 0.1) is 23.9 Å². The van der Waals surface area contributed by atoms with E-state index < -0.39 is 0 Å². The number of rotatable bonds is 9. The number of aromatic nitrogens is 2. The highest BCUT2D eigenvalue weighted by atomic mass is 32.2. The number of anilines is 1. The maximum atomic E-state index is 13.3. The number of fused-ring (bicyclic) bond motifs is 1. The molecule has 0 spiro atoms. The quantitative estimate of drug-likeness (QED) is 0.286. The smallest absolute Gasteiger partial charge is 0.229 e. The highest BCUT2D eigenvalue weighted by Gasteiger charge is 2.20. The average Bonchev–Trinajstić information content (AvgIpc) is 3.26. The van der Waals surface area contributed by atoms with Crippen molar-refractivity contribution in [3.8, 4) is 5.75 Å². The number of thioether (sulfide) groups is 1. The number of thiazole rings is 1. The molecule has 4 rings (SSSR count). The van der Waals surface area contributed by atoms with Crippen LogP contribution >= 0.6 is 23.1 Å². The number of pyridine rings is 1. The fourth-order valence-electron chi connectivity index (χ4n) is 3.29. The van der Waals surface area contributed by atoms with Crippen LogP contribution in [-0.4, -0.2) is 28.7 Å². The molecule has 0 fully saturated rings. The number of amides is 1. The summed E-state index contributed by atoms with van der Waals surface area (Å²) in [5, 5.41) is 0.733. The molecule has 7 heteroatoms. The van der Waals surface area contributed by atoms with E-state index in [1.165, 1.54) is 5.56 Å². The van der Waals surface area contributed by atoms with Gasteiger partial charge in [0.25, 0.3) is 0 Å². The molecular formula is C25H25N3O2S2. The van der Waals surface area contributed by atoms with Crippen LogP contribution < -0.4 is 9.64 Å². The molecule has 0 saturated heterocycles. The number of nitrogens with zero attached hydrogens (tertiary/aromatic N) is 3. The molecule has 0 bridgehead atoms. The average molecular weight is 464 g/mol. The van der Waals surface area contributed by atoms with E-state index in [1.54, 1.807) is 47.5 Å². The topological polar surface area (TPSA) is 55.3 Å². The molecule has 2 heterocycles.